The van der Waals surface area contributed by atoms with Crippen molar-refractivity contribution in [1.82, 2.24) is 0 Å². The van der Waals surface area contributed by atoms with Crippen LogP contribution < -0.4 is 4.74 Å². The molecule has 1 N–H and O–H groups in total. The van der Waals surface area contributed by atoms with Crippen LogP contribution in [0.15, 0.2) is 54.6 Å². The number of hydrogen-bond acceptors (Lipinski definition) is 2. The number of ether oxygens (including phenoxy) is 1. The Morgan fingerprint density at radius 2 is 1.56 bits per heavy atom. The Hall–Kier alpha value is -1.80. The Morgan fingerprint density at radius 1 is 0.944 bits per heavy atom. The molecule has 0 aromatic heterocycles. The zero-order chi connectivity index (χ0) is 13.0. The molecule has 0 aliphatic carbocycles. The maximum absolute atomic E-state index is 9.72. The summed E-state index contributed by atoms with van der Waals surface area (Å²) in [6.45, 7) is 3.74. The molecule has 2 aromatic rings. The SMILES string of the molecule is CC(C)(O)COc1ccccc1-c1ccccc1. The minimum atomic E-state index is -0.830. The first-order valence-corrected chi connectivity index (χ1v) is 6.06. The second-order valence-corrected chi connectivity index (χ2v) is 4.96. The van der Waals surface area contributed by atoms with E-state index in [-0.39, 0.29) is 6.61 Å². The topological polar surface area (TPSA) is 29.5 Å². The second kappa shape index (κ2) is 5.23. The smallest absolute Gasteiger partial charge is 0.127 e. The predicted molar refractivity (Wildman–Crippen MR) is 73.7 cm³/mol. The Balaban J connectivity index is 2.27. The third-order valence-corrected chi connectivity index (χ3v) is 2.55. The molecule has 0 heterocycles. The highest BCUT2D eigenvalue weighted by molar-refractivity contribution is 5.70. The van der Waals surface area contributed by atoms with Gasteiger partial charge in [-0.3, -0.25) is 0 Å². The molecule has 0 radical (unpaired) electrons. The first-order valence-electron chi connectivity index (χ1n) is 6.06. The molecule has 18 heavy (non-hydrogen) atoms. The van der Waals surface area contributed by atoms with Crippen LogP contribution in [0.5, 0.6) is 5.75 Å². The van der Waals surface area contributed by atoms with Crippen LogP contribution in [-0.4, -0.2) is 17.3 Å². The minimum absolute atomic E-state index is 0.275. The van der Waals surface area contributed by atoms with Crippen LogP contribution in [0.1, 0.15) is 13.8 Å². The highest BCUT2D eigenvalue weighted by atomic mass is 16.5. The molecule has 0 aliphatic heterocycles. The highest BCUT2D eigenvalue weighted by Gasteiger charge is 2.14. The lowest BCUT2D eigenvalue weighted by atomic mass is 10.0. The molecule has 94 valence electrons. The summed E-state index contributed by atoms with van der Waals surface area (Å²) >= 11 is 0. The molecule has 0 unspecified atom stereocenters. The summed E-state index contributed by atoms with van der Waals surface area (Å²) in [6, 6.07) is 18.0. The summed E-state index contributed by atoms with van der Waals surface area (Å²) in [5, 5.41) is 9.72. The first kappa shape index (κ1) is 12.7. The van der Waals surface area contributed by atoms with Crippen LogP contribution in [0.2, 0.25) is 0 Å². The Labute approximate surface area is 108 Å². The average Bonchev–Trinajstić information content (AvgIpc) is 2.37. The lowest BCUT2D eigenvalue weighted by Crippen LogP contribution is -2.27. The van der Waals surface area contributed by atoms with Gasteiger partial charge in [0.2, 0.25) is 0 Å². The lowest BCUT2D eigenvalue weighted by Gasteiger charge is -2.19. The fourth-order valence-corrected chi connectivity index (χ4v) is 1.70. The second-order valence-electron chi connectivity index (χ2n) is 4.96. The third kappa shape index (κ3) is 3.34. The molecule has 0 fully saturated rings. The molecule has 0 amide bonds. The van der Waals surface area contributed by atoms with Crippen molar-refractivity contribution < 1.29 is 9.84 Å². The standard InChI is InChI=1S/C16H18O2/c1-16(2,17)12-18-15-11-7-6-10-14(15)13-8-4-3-5-9-13/h3-11,17H,12H2,1-2H3. The van der Waals surface area contributed by atoms with Crippen LogP contribution in [-0.2, 0) is 0 Å². The van der Waals surface area contributed by atoms with Gasteiger partial charge in [0.15, 0.2) is 0 Å². The molecule has 0 spiro atoms. The molecule has 0 saturated heterocycles. The third-order valence-electron chi connectivity index (χ3n) is 2.55. The van der Waals surface area contributed by atoms with Crippen LogP contribution >= 0.6 is 0 Å². The normalized spacial score (nSPS) is 11.3. The van der Waals surface area contributed by atoms with Gasteiger partial charge < -0.3 is 9.84 Å². The molecule has 2 nitrogen and oxygen atoms in total. The van der Waals surface area contributed by atoms with Gasteiger partial charge in [0.1, 0.15) is 12.4 Å². The van der Waals surface area contributed by atoms with Crippen molar-refractivity contribution in [2.24, 2.45) is 0 Å². The number of rotatable bonds is 4. The van der Waals surface area contributed by atoms with E-state index in [9.17, 15) is 5.11 Å². The van der Waals surface area contributed by atoms with Crippen molar-refractivity contribution in [1.29, 1.82) is 0 Å². The number of hydrogen-bond donors (Lipinski definition) is 1. The molecule has 0 saturated carbocycles. The van der Waals surface area contributed by atoms with Crippen molar-refractivity contribution in [2.75, 3.05) is 6.61 Å². The highest BCUT2D eigenvalue weighted by Crippen LogP contribution is 2.29. The van der Waals surface area contributed by atoms with Gasteiger partial charge in [-0.2, -0.15) is 0 Å². The molecule has 2 aromatic carbocycles. The van der Waals surface area contributed by atoms with Crippen molar-refractivity contribution in [3.8, 4) is 16.9 Å². The van der Waals surface area contributed by atoms with Gasteiger partial charge in [0, 0.05) is 5.56 Å². The van der Waals surface area contributed by atoms with E-state index in [1.54, 1.807) is 13.8 Å². The van der Waals surface area contributed by atoms with Crippen LogP contribution in [0.3, 0.4) is 0 Å². The Kier molecular flexibility index (Phi) is 3.68. The molecule has 0 atom stereocenters. The van der Waals surface area contributed by atoms with Crippen molar-refractivity contribution in [3.05, 3.63) is 54.6 Å². The quantitative estimate of drug-likeness (QED) is 0.889. The lowest BCUT2D eigenvalue weighted by molar-refractivity contribution is 0.0287. The summed E-state index contributed by atoms with van der Waals surface area (Å²) < 4.78 is 5.71. The average molecular weight is 242 g/mol. The van der Waals surface area contributed by atoms with Crippen LogP contribution in [0.4, 0.5) is 0 Å². The Bertz CT molecular complexity index is 498. The molecule has 0 aliphatic rings. The Morgan fingerprint density at radius 3 is 2.22 bits per heavy atom. The van der Waals surface area contributed by atoms with Crippen molar-refractivity contribution in [2.45, 2.75) is 19.4 Å². The first-order chi connectivity index (χ1) is 8.56. The predicted octanol–water partition coefficient (Wildman–Crippen LogP) is 3.50. The van der Waals surface area contributed by atoms with Gasteiger partial charge in [-0.25, -0.2) is 0 Å². The monoisotopic (exact) mass is 242 g/mol. The summed E-state index contributed by atoms with van der Waals surface area (Å²) in [6.07, 6.45) is 0. The van der Waals surface area contributed by atoms with E-state index in [2.05, 4.69) is 0 Å². The van der Waals surface area contributed by atoms with Gasteiger partial charge in [0.05, 0.1) is 5.60 Å². The van der Waals surface area contributed by atoms with E-state index >= 15 is 0 Å². The fourth-order valence-electron chi connectivity index (χ4n) is 1.70. The van der Waals surface area contributed by atoms with Crippen molar-refractivity contribution in [3.63, 3.8) is 0 Å². The number of benzene rings is 2. The van der Waals surface area contributed by atoms with E-state index in [4.69, 9.17) is 4.74 Å². The molecular formula is C16H18O2. The van der Waals surface area contributed by atoms with E-state index < -0.39 is 5.60 Å². The molecule has 2 heteroatoms. The maximum atomic E-state index is 9.72. The van der Waals surface area contributed by atoms with E-state index in [0.717, 1.165) is 16.9 Å². The summed E-state index contributed by atoms with van der Waals surface area (Å²) in [5.74, 6) is 0.797. The number of para-hydroxylation sites is 1. The summed E-state index contributed by atoms with van der Waals surface area (Å²) in [4.78, 5) is 0. The van der Waals surface area contributed by atoms with Crippen LogP contribution in [0.25, 0.3) is 11.1 Å². The minimum Gasteiger partial charge on any atom is -0.490 e. The molecule has 0 bridgehead atoms. The summed E-state index contributed by atoms with van der Waals surface area (Å²) in [7, 11) is 0. The van der Waals surface area contributed by atoms with Gasteiger partial charge >= 0.3 is 0 Å². The van der Waals surface area contributed by atoms with E-state index in [1.165, 1.54) is 0 Å². The summed E-state index contributed by atoms with van der Waals surface area (Å²) in [5.41, 5.74) is 1.33. The van der Waals surface area contributed by atoms with Gasteiger partial charge in [0.25, 0.3) is 0 Å². The maximum Gasteiger partial charge on any atom is 0.127 e. The van der Waals surface area contributed by atoms with Gasteiger partial charge in [-0.15, -0.1) is 0 Å². The van der Waals surface area contributed by atoms with Gasteiger partial charge in [-0.1, -0.05) is 48.5 Å². The van der Waals surface area contributed by atoms with E-state index in [1.807, 2.05) is 54.6 Å². The van der Waals surface area contributed by atoms with Crippen molar-refractivity contribution >= 4 is 0 Å². The van der Waals surface area contributed by atoms with Crippen LogP contribution in [0, 0.1) is 0 Å². The fraction of sp³-hybridized carbons (Fsp3) is 0.250. The largest absolute Gasteiger partial charge is 0.490 e. The van der Waals surface area contributed by atoms with E-state index in [0.29, 0.717) is 0 Å². The zero-order valence-corrected chi connectivity index (χ0v) is 10.8. The zero-order valence-electron chi connectivity index (χ0n) is 10.8. The molecular weight excluding hydrogens is 224 g/mol. The van der Waals surface area contributed by atoms with Gasteiger partial charge in [-0.05, 0) is 25.5 Å². The number of aliphatic hydroxyl groups is 1. The molecule has 2 rings (SSSR count).